The van der Waals surface area contributed by atoms with Gasteiger partial charge >= 0.3 is 0 Å². The SMILES string of the molecule is CNC(C)(C#N)CCCn1cc(Cl)c(C)n1. The third-order valence-corrected chi connectivity index (χ3v) is 3.12. The van der Waals surface area contributed by atoms with E-state index in [1.165, 1.54) is 0 Å². The molecule has 0 bridgehead atoms. The third-order valence-electron chi connectivity index (χ3n) is 2.75. The molecule has 0 aromatic carbocycles. The van der Waals surface area contributed by atoms with Crippen LogP contribution in [0.15, 0.2) is 6.20 Å². The summed E-state index contributed by atoms with van der Waals surface area (Å²) in [6.45, 7) is 4.56. The number of nitriles is 1. The van der Waals surface area contributed by atoms with Crippen molar-refractivity contribution in [3.05, 3.63) is 16.9 Å². The van der Waals surface area contributed by atoms with E-state index in [2.05, 4.69) is 16.5 Å². The molecule has 1 unspecified atom stereocenters. The lowest BCUT2D eigenvalue weighted by Crippen LogP contribution is -2.38. The molecular formula is C11H17ClN4. The van der Waals surface area contributed by atoms with Crippen LogP contribution in [0, 0.1) is 18.3 Å². The molecule has 0 aliphatic heterocycles. The van der Waals surface area contributed by atoms with Crippen LogP contribution in [0.25, 0.3) is 0 Å². The molecule has 1 rings (SSSR count). The Bertz CT molecular complexity index is 374. The van der Waals surface area contributed by atoms with Crippen LogP contribution in [0.3, 0.4) is 0 Å². The highest BCUT2D eigenvalue weighted by Gasteiger charge is 2.20. The summed E-state index contributed by atoms with van der Waals surface area (Å²) in [6.07, 6.45) is 3.50. The highest BCUT2D eigenvalue weighted by molar-refractivity contribution is 6.31. The van der Waals surface area contributed by atoms with Gasteiger partial charge < -0.3 is 5.32 Å². The average molecular weight is 241 g/mol. The van der Waals surface area contributed by atoms with Gasteiger partial charge in [-0.25, -0.2) is 0 Å². The molecular weight excluding hydrogens is 224 g/mol. The van der Waals surface area contributed by atoms with Crippen LogP contribution in [0.5, 0.6) is 0 Å². The van der Waals surface area contributed by atoms with Crippen LogP contribution in [0.2, 0.25) is 5.02 Å². The monoisotopic (exact) mass is 240 g/mol. The number of aromatic nitrogens is 2. The summed E-state index contributed by atoms with van der Waals surface area (Å²) in [7, 11) is 1.80. The van der Waals surface area contributed by atoms with E-state index in [0.717, 1.165) is 25.1 Å². The van der Waals surface area contributed by atoms with Crippen molar-refractivity contribution in [2.75, 3.05) is 7.05 Å². The van der Waals surface area contributed by atoms with Gasteiger partial charge in [0.2, 0.25) is 0 Å². The van der Waals surface area contributed by atoms with Crippen LogP contribution in [-0.4, -0.2) is 22.4 Å². The molecule has 88 valence electrons. The van der Waals surface area contributed by atoms with Gasteiger partial charge in [0.05, 0.1) is 16.8 Å². The molecule has 1 N–H and O–H groups in total. The van der Waals surface area contributed by atoms with Crippen molar-refractivity contribution in [2.45, 2.75) is 38.8 Å². The number of nitrogens with one attached hydrogen (secondary N) is 1. The Kier molecular flexibility index (Phi) is 4.34. The first-order valence-electron chi connectivity index (χ1n) is 5.30. The Balaban J connectivity index is 2.45. The van der Waals surface area contributed by atoms with E-state index in [-0.39, 0.29) is 0 Å². The first-order valence-corrected chi connectivity index (χ1v) is 5.68. The molecule has 0 amide bonds. The van der Waals surface area contributed by atoms with Crippen molar-refractivity contribution in [2.24, 2.45) is 0 Å². The molecule has 1 aromatic heterocycles. The lowest BCUT2D eigenvalue weighted by atomic mass is 9.98. The Morgan fingerprint density at radius 1 is 1.69 bits per heavy atom. The van der Waals surface area contributed by atoms with Crippen molar-refractivity contribution in [1.29, 1.82) is 5.26 Å². The van der Waals surface area contributed by atoms with E-state index >= 15 is 0 Å². The van der Waals surface area contributed by atoms with Crippen LogP contribution in [0.1, 0.15) is 25.5 Å². The molecule has 1 aromatic rings. The molecule has 1 atom stereocenters. The van der Waals surface area contributed by atoms with Gasteiger partial charge in [-0.15, -0.1) is 0 Å². The normalized spacial score (nSPS) is 14.4. The predicted octanol–water partition coefficient (Wildman–Crippen LogP) is 2.13. The minimum atomic E-state index is -0.452. The van der Waals surface area contributed by atoms with E-state index in [4.69, 9.17) is 16.9 Å². The Morgan fingerprint density at radius 2 is 2.38 bits per heavy atom. The van der Waals surface area contributed by atoms with Crippen molar-refractivity contribution in [3.63, 3.8) is 0 Å². The quantitative estimate of drug-likeness (QED) is 0.858. The average Bonchev–Trinajstić information content (AvgIpc) is 2.58. The fourth-order valence-electron chi connectivity index (χ4n) is 1.44. The second kappa shape index (κ2) is 5.33. The largest absolute Gasteiger partial charge is 0.303 e. The molecule has 0 saturated heterocycles. The molecule has 16 heavy (non-hydrogen) atoms. The van der Waals surface area contributed by atoms with Gasteiger partial charge in [-0.1, -0.05) is 11.6 Å². The minimum Gasteiger partial charge on any atom is -0.303 e. The summed E-state index contributed by atoms with van der Waals surface area (Å²) in [5.74, 6) is 0. The number of hydrogen-bond acceptors (Lipinski definition) is 3. The fraction of sp³-hybridized carbons (Fsp3) is 0.636. The molecule has 0 fully saturated rings. The molecule has 4 nitrogen and oxygen atoms in total. The van der Waals surface area contributed by atoms with Crippen molar-refractivity contribution in [1.82, 2.24) is 15.1 Å². The maximum absolute atomic E-state index is 8.97. The summed E-state index contributed by atoms with van der Waals surface area (Å²) < 4.78 is 1.82. The second-order valence-electron chi connectivity index (χ2n) is 4.12. The zero-order valence-electron chi connectivity index (χ0n) is 9.92. The molecule has 0 spiro atoms. The van der Waals surface area contributed by atoms with E-state index < -0.39 is 5.54 Å². The van der Waals surface area contributed by atoms with Crippen LogP contribution >= 0.6 is 11.6 Å². The van der Waals surface area contributed by atoms with Gasteiger partial charge in [0, 0.05) is 12.7 Å². The fourth-order valence-corrected chi connectivity index (χ4v) is 1.59. The maximum atomic E-state index is 8.97. The van der Waals surface area contributed by atoms with Gasteiger partial charge in [-0.3, -0.25) is 4.68 Å². The lowest BCUT2D eigenvalue weighted by molar-refractivity contribution is 0.415. The van der Waals surface area contributed by atoms with E-state index in [0.29, 0.717) is 5.02 Å². The van der Waals surface area contributed by atoms with Crippen molar-refractivity contribution < 1.29 is 0 Å². The predicted molar refractivity (Wildman–Crippen MR) is 64.3 cm³/mol. The van der Waals surface area contributed by atoms with Gasteiger partial charge in [0.25, 0.3) is 0 Å². The van der Waals surface area contributed by atoms with Gasteiger partial charge in [-0.05, 0) is 33.7 Å². The Labute approximate surface area is 101 Å². The zero-order chi connectivity index (χ0) is 12.2. The number of halogens is 1. The molecule has 5 heteroatoms. The highest BCUT2D eigenvalue weighted by Crippen LogP contribution is 2.14. The Morgan fingerprint density at radius 3 is 2.81 bits per heavy atom. The van der Waals surface area contributed by atoms with Crippen LogP contribution in [-0.2, 0) is 6.54 Å². The van der Waals surface area contributed by atoms with Gasteiger partial charge in [0.1, 0.15) is 5.54 Å². The molecule has 0 radical (unpaired) electrons. The van der Waals surface area contributed by atoms with E-state index in [9.17, 15) is 0 Å². The summed E-state index contributed by atoms with van der Waals surface area (Å²) in [5.41, 5.74) is 0.393. The standard InChI is InChI=1S/C11H17ClN4/c1-9-10(12)7-16(15-9)6-4-5-11(2,8-13)14-3/h7,14H,4-6H2,1-3H3. The van der Waals surface area contributed by atoms with Gasteiger partial charge in [-0.2, -0.15) is 10.4 Å². The molecule has 0 aliphatic rings. The first kappa shape index (κ1) is 13.0. The van der Waals surface area contributed by atoms with Gasteiger partial charge in [0.15, 0.2) is 0 Å². The second-order valence-corrected chi connectivity index (χ2v) is 4.53. The van der Waals surface area contributed by atoms with Crippen LogP contribution in [0.4, 0.5) is 0 Å². The Hall–Kier alpha value is -1.05. The lowest BCUT2D eigenvalue weighted by Gasteiger charge is -2.20. The number of aryl methyl sites for hydroxylation is 2. The molecule has 0 aliphatic carbocycles. The van der Waals surface area contributed by atoms with Crippen molar-refractivity contribution in [3.8, 4) is 6.07 Å². The maximum Gasteiger partial charge on any atom is 0.103 e. The molecule has 1 heterocycles. The summed E-state index contributed by atoms with van der Waals surface area (Å²) in [6, 6.07) is 2.26. The number of rotatable bonds is 5. The van der Waals surface area contributed by atoms with E-state index in [1.807, 2.05) is 24.7 Å². The summed E-state index contributed by atoms with van der Waals surface area (Å²) in [5, 5.41) is 16.9. The van der Waals surface area contributed by atoms with E-state index in [1.54, 1.807) is 7.05 Å². The first-order chi connectivity index (χ1) is 7.50. The molecule has 0 saturated carbocycles. The third kappa shape index (κ3) is 3.22. The highest BCUT2D eigenvalue weighted by atomic mass is 35.5. The summed E-state index contributed by atoms with van der Waals surface area (Å²) >= 11 is 5.90. The van der Waals surface area contributed by atoms with Crippen molar-refractivity contribution >= 4 is 11.6 Å². The smallest absolute Gasteiger partial charge is 0.103 e. The van der Waals surface area contributed by atoms with Crippen LogP contribution < -0.4 is 5.32 Å². The summed E-state index contributed by atoms with van der Waals surface area (Å²) in [4.78, 5) is 0. The topological polar surface area (TPSA) is 53.6 Å². The zero-order valence-corrected chi connectivity index (χ0v) is 10.7. The number of nitrogens with zero attached hydrogens (tertiary/aromatic N) is 3. The minimum absolute atomic E-state index is 0.452. The number of hydrogen-bond donors (Lipinski definition) is 1.